The van der Waals surface area contributed by atoms with Gasteiger partial charge >= 0.3 is 6.03 Å². The number of amides is 2. The smallest absolute Gasteiger partial charge is 0.335 e. The molecular weight excluding hydrogens is 190 g/mol. The van der Waals surface area contributed by atoms with E-state index in [9.17, 15) is 4.79 Å². The van der Waals surface area contributed by atoms with Crippen LogP contribution in [-0.4, -0.2) is 30.7 Å². The van der Waals surface area contributed by atoms with E-state index >= 15 is 0 Å². The van der Waals surface area contributed by atoms with Crippen molar-refractivity contribution < 1.29 is 4.79 Å². The van der Waals surface area contributed by atoms with E-state index in [1.807, 2.05) is 12.1 Å². The zero-order chi connectivity index (χ0) is 10.3. The lowest BCUT2D eigenvalue weighted by Crippen LogP contribution is -2.43. The normalized spacial score (nSPS) is 19.3. The molecule has 1 fully saturated rings. The van der Waals surface area contributed by atoms with E-state index in [0.29, 0.717) is 0 Å². The third-order valence-corrected chi connectivity index (χ3v) is 2.99. The second-order valence-corrected chi connectivity index (χ2v) is 3.86. The number of carbonyl (C=O) groups is 1. The Balaban J connectivity index is 1.93. The maximum atomic E-state index is 11.5. The molecule has 0 aliphatic carbocycles. The molecule has 2 amide bonds. The highest BCUT2D eigenvalue weighted by Crippen LogP contribution is 2.29. The van der Waals surface area contributed by atoms with Crippen molar-refractivity contribution in [2.24, 2.45) is 0 Å². The van der Waals surface area contributed by atoms with Crippen LogP contribution in [0.5, 0.6) is 0 Å². The third kappa shape index (κ3) is 1.25. The van der Waals surface area contributed by atoms with Gasteiger partial charge in [-0.2, -0.15) is 0 Å². The summed E-state index contributed by atoms with van der Waals surface area (Å²) in [6.45, 7) is 2.43. The Morgan fingerprint density at radius 3 is 2.80 bits per heavy atom. The van der Waals surface area contributed by atoms with E-state index in [4.69, 9.17) is 0 Å². The Morgan fingerprint density at radius 2 is 2.00 bits per heavy atom. The Bertz CT molecular complexity index is 405. The van der Waals surface area contributed by atoms with Crippen molar-refractivity contribution in [3.05, 3.63) is 29.8 Å². The van der Waals surface area contributed by atoms with Crippen molar-refractivity contribution in [3.63, 3.8) is 0 Å². The number of fused-ring (bicyclic) bond motifs is 1. The lowest BCUT2D eigenvalue weighted by atomic mass is 10.2. The Hall–Kier alpha value is -1.71. The van der Waals surface area contributed by atoms with Gasteiger partial charge in [0.25, 0.3) is 0 Å². The van der Waals surface area contributed by atoms with Gasteiger partial charge in [-0.05, 0) is 18.1 Å². The van der Waals surface area contributed by atoms with Crippen LogP contribution in [0.2, 0.25) is 0 Å². The molecule has 78 valence electrons. The predicted molar refractivity (Wildman–Crippen MR) is 57.6 cm³/mol. The van der Waals surface area contributed by atoms with Gasteiger partial charge in [0, 0.05) is 13.1 Å². The molecule has 1 N–H and O–H groups in total. The fourth-order valence-corrected chi connectivity index (χ4v) is 2.26. The molecule has 0 bridgehead atoms. The second-order valence-electron chi connectivity index (χ2n) is 3.86. The molecule has 2 heterocycles. The second kappa shape index (κ2) is 3.15. The number of carbonyl (C=O) groups excluding carboxylic acids is 1. The monoisotopic (exact) mass is 203 g/mol. The minimum atomic E-state index is 0.0201. The molecule has 0 saturated carbocycles. The number of benzene rings is 1. The van der Waals surface area contributed by atoms with E-state index in [-0.39, 0.29) is 6.03 Å². The van der Waals surface area contributed by atoms with Gasteiger partial charge in [-0.25, -0.2) is 9.80 Å². The molecule has 1 aromatic carbocycles. The zero-order valence-electron chi connectivity index (χ0n) is 8.44. The number of nitrogens with one attached hydrogen (secondary N) is 1. The summed E-state index contributed by atoms with van der Waals surface area (Å²) in [4.78, 5) is 11.5. The molecule has 0 spiro atoms. The summed E-state index contributed by atoms with van der Waals surface area (Å²) in [6, 6.07) is 8.29. The molecule has 1 aromatic rings. The molecule has 2 aliphatic heterocycles. The number of nitrogens with zero attached hydrogens (tertiary/aromatic N) is 2. The minimum absolute atomic E-state index is 0.0201. The van der Waals surface area contributed by atoms with E-state index in [1.54, 1.807) is 5.01 Å². The first-order valence-electron chi connectivity index (χ1n) is 5.27. The number of hydrazine groups is 1. The molecule has 4 nitrogen and oxygen atoms in total. The number of hydrogen-bond acceptors (Lipinski definition) is 2. The van der Waals surface area contributed by atoms with E-state index in [0.717, 1.165) is 26.1 Å². The zero-order valence-corrected chi connectivity index (χ0v) is 8.44. The van der Waals surface area contributed by atoms with E-state index in [1.165, 1.54) is 11.3 Å². The number of rotatable bonds is 1. The van der Waals surface area contributed by atoms with Crippen molar-refractivity contribution in [2.45, 2.75) is 6.42 Å². The maximum Gasteiger partial charge on any atom is 0.336 e. The van der Waals surface area contributed by atoms with Gasteiger partial charge in [-0.3, -0.25) is 5.01 Å². The average Bonchev–Trinajstić information content (AvgIpc) is 2.83. The van der Waals surface area contributed by atoms with Crippen LogP contribution in [0.15, 0.2) is 24.3 Å². The van der Waals surface area contributed by atoms with Gasteiger partial charge < -0.3 is 5.32 Å². The number of urea groups is 1. The van der Waals surface area contributed by atoms with Crippen LogP contribution < -0.4 is 10.3 Å². The summed E-state index contributed by atoms with van der Waals surface area (Å²) in [5.41, 5.74) is 2.51. The first kappa shape index (κ1) is 8.59. The van der Waals surface area contributed by atoms with Crippen LogP contribution in [-0.2, 0) is 6.42 Å². The summed E-state index contributed by atoms with van der Waals surface area (Å²) in [5, 5.41) is 6.70. The number of hydrogen-bond donors (Lipinski definition) is 1. The van der Waals surface area contributed by atoms with Crippen molar-refractivity contribution in [2.75, 3.05) is 24.6 Å². The molecular formula is C11H13N3O. The fraction of sp³-hybridized carbons (Fsp3) is 0.364. The first-order chi connectivity index (χ1) is 7.36. The van der Waals surface area contributed by atoms with Gasteiger partial charge in [-0.15, -0.1) is 0 Å². The highest BCUT2D eigenvalue weighted by molar-refractivity contribution is 5.79. The predicted octanol–water partition coefficient (Wildman–Crippen LogP) is 0.989. The summed E-state index contributed by atoms with van der Waals surface area (Å²) < 4.78 is 0. The average molecular weight is 203 g/mol. The topological polar surface area (TPSA) is 35.6 Å². The molecule has 4 heteroatoms. The van der Waals surface area contributed by atoms with Crippen LogP contribution in [0.4, 0.5) is 10.5 Å². The highest BCUT2D eigenvalue weighted by atomic mass is 16.2. The quantitative estimate of drug-likeness (QED) is 0.738. The Kier molecular flexibility index (Phi) is 1.80. The van der Waals surface area contributed by atoms with Crippen molar-refractivity contribution >= 4 is 11.7 Å². The lowest BCUT2D eigenvalue weighted by molar-refractivity contribution is 0.213. The van der Waals surface area contributed by atoms with Gasteiger partial charge in [0.1, 0.15) is 0 Å². The summed E-state index contributed by atoms with van der Waals surface area (Å²) >= 11 is 0. The molecule has 3 rings (SSSR count). The van der Waals surface area contributed by atoms with E-state index < -0.39 is 0 Å². The van der Waals surface area contributed by atoms with Crippen LogP contribution in [0, 0.1) is 0 Å². The Morgan fingerprint density at radius 1 is 1.13 bits per heavy atom. The van der Waals surface area contributed by atoms with Crippen LogP contribution >= 0.6 is 0 Å². The van der Waals surface area contributed by atoms with Crippen molar-refractivity contribution in [3.8, 4) is 0 Å². The SMILES string of the molecule is O=C1NCCN1N1CCc2ccccc21. The maximum absolute atomic E-state index is 11.5. The number of anilines is 1. The van der Waals surface area contributed by atoms with Gasteiger partial charge in [0.2, 0.25) is 0 Å². The van der Waals surface area contributed by atoms with Crippen molar-refractivity contribution in [1.82, 2.24) is 10.3 Å². The molecule has 1 saturated heterocycles. The third-order valence-electron chi connectivity index (χ3n) is 2.99. The van der Waals surface area contributed by atoms with E-state index in [2.05, 4.69) is 22.5 Å². The van der Waals surface area contributed by atoms with Gasteiger partial charge in [-0.1, -0.05) is 18.2 Å². The molecule has 15 heavy (non-hydrogen) atoms. The van der Waals surface area contributed by atoms with Crippen LogP contribution in [0.25, 0.3) is 0 Å². The fourth-order valence-electron chi connectivity index (χ4n) is 2.26. The van der Waals surface area contributed by atoms with Crippen molar-refractivity contribution in [1.29, 1.82) is 0 Å². The largest absolute Gasteiger partial charge is 0.336 e. The first-order valence-corrected chi connectivity index (χ1v) is 5.27. The Labute approximate surface area is 88.4 Å². The molecule has 0 atom stereocenters. The molecule has 2 aliphatic rings. The molecule has 0 radical (unpaired) electrons. The van der Waals surface area contributed by atoms with Crippen LogP contribution in [0.1, 0.15) is 5.56 Å². The van der Waals surface area contributed by atoms with Gasteiger partial charge in [0.15, 0.2) is 0 Å². The summed E-state index contributed by atoms with van der Waals surface area (Å²) in [6.07, 6.45) is 1.03. The standard InChI is InChI=1S/C11H13N3O/c15-11-12-6-8-14(11)13-7-5-9-3-1-2-4-10(9)13/h1-4H,5-8H2,(H,12,15). The lowest BCUT2D eigenvalue weighted by Gasteiger charge is -2.28. The number of para-hydroxylation sites is 1. The summed E-state index contributed by atoms with van der Waals surface area (Å²) in [7, 11) is 0. The van der Waals surface area contributed by atoms with Crippen LogP contribution in [0.3, 0.4) is 0 Å². The summed E-state index contributed by atoms with van der Waals surface area (Å²) in [5.74, 6) is 0. The highest BCUT2D eigenvalue weighted by Gasteiger charge is 2.30. The molecule has 0 unspecified atom stereocenters. The van der Waals surface area contributed by atoms with Gasteiger partial charge in [0.05, 0.1) is 12.2 Å². The molecule has 0 aromatic heterocycles. The minimum Gasteiger partial charge on any atom is -0.335 e.